The SMILES string of the molecule is c1ccc(-c2ccc(-c3cc(-c4ccc5oc6ccc7c(-c8ccccc8)nc8ccccc8c7c6c5c4)nc(-c4ccccc4)n3)cc2)cc1. The summed E-state index contributed by atoms with van der Waals surface area (Å²) in [6.45, 7) is 0. The third-order valence-electron chi connectivity index (χ3n) is 9.69. The molecule has 0 aliphatic carbocycles. The van der Waals surface area contributed by atoms with E-state index in [0.29, 0.717) is 5.82 Å². The molecule has 0 atom stereocenters. The molecule has 7 aromatic carbocycles. The predicted octanol–water partition coefficient (Wildman–Crippen LogP) is 12.4. The highest BCUT2D eigenvalue weighted by Crippen LogP contribution is 2.42. The normalized spacial score (nSPS) is 11.5. The van der Waals surface area contributed by atoms with Gasteiger partial charge in [-0.15, -0.1) is 0 Å². The van der Waals surface area contributed by atoms with E-state index >= 15 is 0 Å². The maximum absolute atomic E-state index is 6.53. The van der Waals surface area contributed by atoms with Gasteiger partial charge < -0.3 is 4.42 Å². The lowest BCUT2D eigenvalue weighted by Crippen LogP contribution is -1.96. The molecule has 0 saturated carbocycles. The van der Waals surface area contributed by atoms with Gasteiger partial charge in [-0.2, -0.15) is 0 Å². The molecular weight excluding hydrogens is 623 g/mol. The molecule has 0 bridgehead atoms. The zero-order valence-corrected chi connectivity index (χ0v) is 27.5. The lowest BCUT2D eigenvalue weighted by Gasteiger charge is -2.11. The number of rotatable bonds is 5. The Kier molecular flexibility index (Phi) is 6.78. The van der Waals surface area contributed by atoms with E-state index in [1.165, 1.54) is 11.1 Å². The molecule has 0 radical (unpaired) electrons. The molecule has 10 rings (SSSR count). The molecule has 51 heavy (non-hydrogen) atoms. The quantitative estimate of drug-likeness (QED) is 0.174. The van der Waals surface area contributed by atoms with Crippen molar-refractivity contribution in [1.82, 2.24) is 15.0 Å². The average Bonchev–Trinajstić information content (AvgIpc) is 3.59. The Bertz CT molecular complexity index is 2880. The lowest BCUT2D eigenvalue weighted by molar-refractivity contribution is 0.669. The van der Waals surface area contributed by atoms with E-state index in [2.05, 4.69) is 140 Å². The largest absolute Gasteiger partial charge is 0.456 e. The summed E-state index contributed by atoms with van der Waals surface area (Å²) in [5, 5.41) is 5.45. The third kappa shape index (κ3) is 5.04. The Morgan fingerprint density at radius 2 is 0.902 bits per heavy atom. The fraction of sp³-hybridized carbons (Fsp3) is 0. The standard InChI is InChI=1S/C47H29N3O/c1-4-12-30(13-5-1)31-20-22-32(23-21-31)40-29-41(50-47(49-40)34-16-8-3-9-17-34)35-24-26-42-38(28-35)45-43(51-42)27-25-37-44(45)36-18-10-11-19-39(36)48-46(37)33-14-6-2-7-15-33/h1-29H. The summed E-state index contributed by atoms with van der Waals surface area (Å²) in [5.41, 5.74) is 11.7. The molecule has 0 amide bonds. The zero-order valence-electron chi connectivity index (χ0n) is 27.5. The smallest absolute Gasteiger partial charge is 0.160 e. The topological polar surface area (TPSA) is 51.8 Å². The minimum absolute atomic E-state index is 0.683. The second-order valence-electron chi connectivity index (χ2n) is 12.8. The molecule has 4 heteroatoms. The van der Waals surface area contributed by atoms with Crippen LogP contribution in [-0.2, 0) is 0 Å². The minimum Gasteiger partial charge on any atom is -0.456 e. The zero-order chi connectivity index (χ0) is 33.7. The number of hydrogen-bond acceptors (Lipinski definition) is 4. The fourth-order valence-electron chi connectivity index (χ4n) is 7.21. The summed E-state index contributed by atoms with van der Waals surface area (Å²) >= 11 is 0. The number of fused-ring (bicyclic) bond motifs is 7. The first-order chi connectivity index (χ1) is 25.3. The summed E-state index contributed by atoms with van der Waals surface area (Å²) in [7, 11) is 0. The molecule has 238 valence electrons. The van der Waals surface area contributed by atoms with Crippen molar-refractivity contribution in [3.63, 3.8) is 0 Å². The molecule has 0 saturated heterocycles. The number of pyridine rings is 1. The van der Waals surface area contributed by atoms with Crippen LogP contribution in [0.1, 0.15) is 0 Å². The van der Waals surface area contributed by atoms with Crippen LogP contribution in [0.4, 0.5) is 0 Å². The molecule has 0 unspecified atom stereocenters. The summed E-state index contributed by atoms with van der Waals surface area (Å²) in [4.78, 5) is 15.4. The van der Waals surface area contributed by atoms with Gasteiger partial charge in [-0.25, -0.2) is 15.0 Å². The first-order valence-corrected chi connectivity index (χ1v) is 17.1. The number of benzene rings is 7. The molecule has 0 fully saturated rings. The summed E-state index contributed by atoms with van der Waals surface area (Å²) in [6, 6.07) is 60.7. The maximum atomic E-state index is 6.53. The van der Waals surface area contributed by atoms with E-state index in [1.54, 1.807) is 0 Å². The summed E-state index contributed by atoms with van der Waals surface area (Å²) < 4.78 is 6.53. The van der Waals surface area contributed by atoms with Crippen molar-refractivity contribution in [1.29, 1.82) is 0 Å². The van der Waals surface area contributed by atoms with Crippen molar-refractivity contribution >= 4 is 43.6 Å². The summed E-state index contributed by atoms with van der Waals surface area (Å²) in [5.74, 6) is 0.683. The molecule has 0 N–H and O–H groups in total. The summed E-state index contributed by atoms with van der Waals surface area (Å²) in [6.07, 6.45) is 0. The number of hydrogen-bond donors (Lipinski definition) is 0. The van der Waals surface area contributed by atoms with E-state index in [4.69, 9.17) is 19.4 Å². The molecular formula is C47H29N3O. The van der Waals surface area contributed by atoms with Crippen LogP contribution in [0.15, 0.2) is 180 Å². The molecule has 4 nitrogen and oxygen atoms in total. The van der Waals surface area contributed by atoms with Crippen LogP contribution < -0.4 is 0 Å². The van der Waals surface area contributed by atoms with Crippen molar-refractivity contribution in [2.45, 2.75) is 0 Å². The third-order valence-corrected chi connectivity index (χ3v) is 9.69. The maximum Gasteiger partial charge on any atom is 0.160 e. The highest BCUT2D eigenvalue weighted by Gasteiger charge is 2.19. The van der Waals surface area contributed by atoms with Crippen LogP contribution in [-0.4, -0.2) is 15.0 Å². The Morgan fingerprint density at radius 1 is 0.333 bits per heavy atom. The lowest BCUT2D eigenvalue weighted by atomic mass is 9.95. The van der Waals surface area contributed by atoms with Gasteiger partial charge in [-0.1, -0.05) is 133 Å². The molecule has 3 heterocycles. The van der Waals surface area contributed by atoms with Gasteiger partial charge in [0.05, 0.1) is 22.6 Å². The average molecular weight is 652 g/mol. The number of furan rings is 1. The van der Waals surface area contributed by atoms with Gasteiger partial charge in [0.2, 0.25) is 0 Å². The Labute approximate surface area is 294 Å². The number of para-hydroxylation sites is 1. The number of aromatic nitrogens is 3. The van der Waals surface area contributed by atoms with Crippen LogP contribution in [0.2, 0.25) is 0 Å². The van der Waals surface area contributed by atoms with Gasteiger partial charge in [-0.05, 0) is 53.6 Å². The van der Waals surface area contributed by atoms with E-state index < -0.39 is 0 Å². The van der Waals surface area contributed by atoms with Crippen LogP contribution >= 0.6 is 0 Å². The Balaban J connectivity index is 1.19. The van der Waals surface area contributed by atoms with Gasteiger partial charge in [0.15, 0.2) is 5.82 Å². The van der Waals surface area contributed by atoms with Crippen molar-refractivity contribution in [2.24, 2.45) is 0 Å². The van der Waals surface area contributed by atoms with E-state index in [9.17, 15) is 0 Å². The molecule has 0 aliphatic heterocycles. The van der Waals surface area contributed by atoms with Crippen LogP contribution in [0.3, 0.4) is 0 Å². The molecule has 10 aromatic rings. The first-order valence-electron chi connectivity index (χ1n) is 17.1. The second-order valence-corrected chi connectivity index (χ2v) is 12.8. The monoisotopic (exact) mass is 651 g/mol. The van der Waals surface area contributed by atoms with E-state index in [1.807, 2.05) is 36.4 Å². The van der Waals surface area contributed by atoms with Gasteiger partial charge in [-0.3, -0.25) is 0 Å². The van der Waals surface area contributed by atoms with E-state index in [-0.39, 0.29) is 0 Å². The Morgan fingerprint density at radius 3 is 1.65 bits per heavy atom. The number of nitrogens with zero attached hydrogens (tertiary/aromatic N) is 3. The molecule has 3 aromatic heterocycles. The van der Waals surface area contributed by atoms with Gasteiger partial charge in [0.1, 0.15) is 11.2 Å². The van der Waals surface area contributed by atoms with Gasteiger partial charge in [0, 0.05) is 49.2 Å². The van der Waals surface area contributed by atoms with Crippen LogP contribution in [0.5, 0.6) is 0 Å². The van der Waals surface area contributed by atoms with Gasteiger partial charge >= 0.3 is 0 Å². The highest BCUT2D eigenvalue weighted by molar-refractivity contribution is 6.28. The minimum atomic E-state index is 0.683. The van der Waals surface area contributed by atoms with Crippen molar-refractivity contribution in [3.05, 3.63) is 176 Å². The van der Waals surface area contributed by atoms with E-state index in [0.717, 1.165) is 82.9 Å². The van der Waals surface area contributed by atoms with Crippen molar-refractivity contribution in [3.8, 4) is 56.3 Å². The van der Waals surface area contributed by atoms with Crippen molar-refractivity contribution in [2.75, 3.05) is 0 Å². The van der Waals surface area contributed by atoms with Crippen molar-refractivity contribution < 1.29 is 4.42 Å². The second kappa shape index (κ2) is 11.9. The van der Waals surface area contributed by atoms with Crippen LogP contribution in [0.25, 0.3) is 99.9 Å². The molecule has 0 spiro atoms. The first kappa shape index (κ1) is 29.0. The highest BCUT2D eigenvalue weighted by atomic mass is 16.3. The van der Waals surface area contributed by atoms with Gasteiger partial charge in [0.25, 0.3) is 0 Å². The van der Waals surface area contributed by atoms with Crippen LogP contribution in [0, 0.1) is 0 Å². The fourth-order valence-corrected chi connectivity index (χ4v) is 7.21. The Hall–Kier alpha value is -6.91. The predicted molar refractivity (Wildman–Crippen MR) is 209 cm³/mol. The molecule has 0 aliphatic rings.